The SMILES string of the molecule is COc1ccnc(C(=O)NC2CCCC(CCBr)C(Oc3ccccc3)C(C)OC2=O)c1O. The molecule has 1 saturated heterocycles. The molecule has 1 aliphatic heterocycles. The van der Waals surface area contributed by atoms with E-state index in [0.717, 1.165) is 18.2 Å². The number of hydrogen-bond donors (Lipinski definition) is 2. The fourth-order valence-electron chi connectivity index (χ4n) is 4.00. The number of nitrogens with zero attached hydrogens (tertiary/aromatic N) is 1. The molecule has 8 nitrogen and oxygen atoms in total. The van der Waals surface area contributed by atoms with Gasteiger partial charge in [0.2, 0.25) is 0 Å². The molecule has 4 atom stereocenters. The highest BCUT2D eigenvalue weighted by molar-refractivity contribution is 9.09. The Morgan fingerprint density at radius 1 is 1.27 bits per heavy atom. The highest BCUT2D eigenvalue weighted by Crippen LogP contribution is 2.30. The van der Waals surface area contributed by atoms with E-state index in [0.29, 0.717) is 18.6 Å². The second-order valence-electron chi connectivity index (χ2n) is 7.94. The van der Waals surface area contributed by atoms with Gasteiger partial charge < -0.3 is 24.6 Å². The highest BCUT2D eigenvalue weighted by Gasteiger charge is 2.35. The van der Waals surface area contributed by atoms with Crippen molar-refractivity contribution in [2.75, 3.05) is 12.4 Å². The quantitative estimate of drug-likeness (QED) is 0.421. The van der Waals surface area contributed by atoms with Gasteiger partial charge in [0.1, 0.15) is 24.0 Å². The summed E-state index contributed by atoms with van der Waals surface area (Å²) >= 11 is 3.52. The molecule has 0 saturated carbocycles. The maximum Gasteiger partial charge on any atom is 0.329 e. The largest absolute Gasteiger partial charge is 0.503 e. The number of nitrogens with one attached hydrogen (secondary N) is 1. The summed E-state index contributed by atoms with van der Waals surface area (Å²) in [6.45, 7) is 1.81. The Bertz CT molecular complexity index is 942. The number of benzene rings is 1. The van der Waals surface area contributed by atoms with Crippen LogP contribution in [0.25, 0.3) is 0 Å². The van der Waals surface area contributed by atoms with Gasteiger partial charge in [0.25, 0.3) is 5.91 Å². The Balaban J connectivity index is 1.76. The van der Waals surface area contributed by atoms with Gasteiger partial charge in [-0.1, -0.05) is 40.5 Å². The van der Waals surface area contributed by atoms with E-state index in [2.05, 4.69) is 26.2 Å². The molecule has 0 bridgehead atoms. The summed E-state index contributed by atoms with van der Waals surface area (Å²) in [4.78, 5) is 29.6. The van der Waals surface area contributed by atoms with Crippen molar-refractivity contribution in [3.8, 4) is 17.2 Å². The standard InChI is InChI=1S/C24H29BrN2O6/c1-15-22(33-17-8-4-3-5-9-17)16(11-13-25)7-6-10-18(24(30)32-15)27-23(29)20-21(28)19(31-2)12-14-26-20/h3-5,8-9,12,14-16,18,22,28H,6-7,10-11,13H2,1-2H3,(H,27,29). The molecule has 2 aromatic rings. The molecular weight excluding hydrogens is 492 g/mol. The number of esters is 1. The summed E-state index contributed by atoms with van der Waals surface area (Å²) in [7, 11) is 1.38. The molecule has 4 unspecified atom stereocenters. The fourth-order valence-corrected chi connectivity index (χ4v) is 4.59. The van der Waals surface area contributed by atoms with Crippen LogP contribution in [-0.4, -0.2) is 52.7 Å². The summed E-state index contributed by atoms with van der Waals surface area (Å²) in [6.07, 6.45) is 3.26. The van der Waals surface area contributed by atoms with Crippen LogP contribution < -0.4 is 14.8 Å². The lowest BCUT2D eigenvalue weighted by Gasteiger charge is -2.31. The lowest BCUT2D eigenvalue weighted by molar-refractivity contribution is -0.156. The minimum absolute atomic E-state index is 0.124. The molecule has 0 aliphatic carbocycles. The van der Waals surface area contributed by atoms with Crippen LogP contribution in [0.1, 0.15) is 43.1 Å². The normalized spacial score (nSPS) is 23.4. The second kappa shape index (κ2) is 11.9. The lowest BCUT2D eigenvalue weighted by atomic mass is 9.90. The molecule has 2 heterocycles. The van der Waals surface area contributed by atoms with Crippen molar-refractivity contribution in [2.24, 2.45) is 5.92 Å². The summed E-state index contributed by atoms with van der Waals surface area (Å²) in [6, 6.07) is 10.0. The van der Waals surface area contributed by atoms with E-state index in [1.807, 2.05) is 37.3 Å². The van der Waals surface area contributed by atoms with Gasteiger partial charge in [0.05, 0.1) is 7.11 Å². The molecular formula is C24H29BrN2O6. The van der Waals surface area contributed by atoms with E-state index in [9.17, 15) is 14.7 Å². The molecule has 9 heteroatoms. The van der Waals surface area contributed by atoms with E-state index in [1.165, 1.54) is 19.4 Å². The van der Waals surface area contributed by atoms with Crippen LogP contribution in [0.5, 0.6) is 17.2 Å². The van der Waals surface area contributed by atoms with Crippen LogP contribution in [0, 0.1) is 5.92 Å². The fraction of sp³-hybridized carbons (Fsp3) is 0.458. The maximum absolute atomic E-state index is 13.0. The van der Waals surface area contributed by atoms with Crippen molar-refractivity contribution in [1.82, 2.24) is 10.3 Å². The zero-order valence-electron chi connectivity index (χ0n) is 18.7. The topological polar surface area (TPSA) is 107 Å². The first-order valence-corrected chi connectivity index (χ1v) is 12.1. The van der Waals surface area contributed by atoms with Gasteiger partial charge in [-0.05, 0) is 38.3 Å². The summed E-state index contributed by atoms with van der Waals surface area (Å²) in [5, 5.41) is 13.7. The molecule has 2 N–H and O–H groups in total. The number of pyridine rings is 1. The number of alkyl halides is 1. The van der Waals surface area contributed by atoms with Gasteiger partial charge in [0, 0.05) is 23.5 Å². The van der Waals surface area contributed by atoms with Crippen molar-refractivity contribution in [1.29, 1.82) is 0 Å². The van der Waals surface area contributed by atoms with Crippen molar-refractivity contribution in [2.45, 2.75) is 50.9 Å². The summed E-state index contributed by atoms with van der Waals surface area (Å²) in [5.41, 5.74) is -0.211. The van der Waals surface area contributed by atoms with E-state index in [4.69, 9.17) is 14.2 Å². The molecule has 0 spiro atoms. The minimum atomic E-state index is -0.868. The molecule has 1 aromatic heterocycles. The Labute approximate surface area is 201 Å². The van der Waals surface area contributed by atoms with Crippen molar-refractivity contribution < 1.29 is 28.9 Å². The zero-order valence-corrected chi connectivity index (χ0v) is 20.3. The third-order valence-corrected chi connectivity index (χ3v) is 6.16. The minimum Gasteiger partial charge on any atom is -0.503 e. The predicted molar refractivity (Wildman–Crippen MR) is 126 cm³/mol. The van der Waals surface area contributed by atoms with E-state index >= 15 is 0 Å². The van der Waals surface area contributed by atoms with E-state index in [-0.39, 0.29) is 29.2 Å². The van der Waals surface area contributed by atoms with Gasteiger partial charge in [-0.25, -0.2) is 9.78 Å². The number of aromatic hydroxyl groups is 1. The monoisotopic (exact) mass is 520 g/mol. The first-order chi connectivity index (χ1) is 15.9. The molecule has 1 aliphatic rings. The highest BCUT2D eigenvalue weighted by atomic mass is 79.9. The Morgan fingerprint density at radius 3 is 2.73 bits per heavy atom. The smallest absolute Gasteiger partial charge is 0.329 e. The van der Waals surface area contributed by atoms with Crippen LogP contribution in [-0.2, 0) is 9.53 Å². The Hall–Kier alpha value is -2.81. The molecule has 0 radical (unpaired) electrons. The first kappa shape index (κ1) is 24.8. The predicted octanol–water partition coefficient (Wildman–Crippen LogP) is 3.86. The van der Waals surface area contributed by atoms with Gasteiger partial charge >= 0.3 is 5.97 Å². The molecule has 3 rings (SSSR count). The number of rotatable bonds is 7. The number of carbonyl (C=O) groups is 2. The van der Waals surface area contributed by atoms with Gasteiger partial charge in [-0.15, -0.1) is 0 Å². The van der Waals surface area contributed by atoms with Crippen LogP contribution in [0.4, 0.5) is 0 Å². The van der Waals surface area contributed by atoms with Crippen molar-refractivity contribution in [3.05, 3.63) is 48.3 Å². The molecule has 33 heavy (non-hydrogen) atoms. The second-order valence-corrected chi connectivity index (χ2v) is 8.74. The van der Waals surface area contributed by atoms with Crippen molar-refractivity contribution in [3.63, 3.8) is 0 Å². The molecule has 1 fully saturated rings. The number of halogens is 1. The van der Waals surface area contributed by atoms with E-state index < -0.39 is 24.0 Å². The van der Waals surface area contributed by atoms with Crippen LogP contribution in [0.3, 0.4) is 0 Å². The Kier molecular flexibility index (Phi) is 8.94. The van der Waals surface area contributed by atoms with Gasteiger partial charge in [0.15, 0.2) is 17.2 Å². The van der Waals surface area contributed by atoms with Crippen LogP contribution in [0.15, 0.2) is 42.6 Å². The maximum atomic E-state index is 13.0. The third-order valence-electron chi connectivity index (χ3n) is 5.70. The number of ether oxygens (including phenoxy) is 3. The summed E-state index contributed by atoms with van der Waals surface area (Å²) in [5.74, 6) is -0.594. The molecule has 1 aromatic carbocycles. The lowest BCUT2D eigenvalue weighted by Crippen LogP contribution is -2.45. The average Bonchev–Trinajstić information content (AvgIpc) is 2.86. The zero-order chi connectivity index (χ0) is 23.8. The van der Waals surface area contributed by atoms with Crippen molar-refractivity contribution >= 4 is 27.8 Å². The number of amides is 1. The first-order valence-electron chi connectivity index (χ1n) is 11.0. The summed E-state index contributed by atoms with van der Waals surface area (Å²) < 4.78 is 17.0. The van der Waals surface area contributed by atoms with Crippen LogP contribution in [0.2, 0.25) is 0 Å². The van der Waals surface area contributed by atoms with Crippen LogP contribution >= 0.6 is 15.9 Å². The molecule has 1 amide bonds. The third kappa shape index (κ3) is 6.37. The number of methoxy groups -OCH3 is 1. The van der Waals surface area contributed by atoms with Gasteiger partial charge in [-0.2, -0.15) is 0 Å². The molecule has 178 valence electrons. The number of aromatic nitrogens is 1. The van der Waals surface area contributed by atoms with Gasteiger partial charge in [-0.3, -0.25) is 4.79 Å². The number of hydrogen-bond acceptors (Lipinski definition) is 7. The number of carbonyl (C=O) groups excluding carboxylic acids is 2. The Morgan fingerprint density at radius 2 is 2.03 bits per heavy atom. The number of para-hydroxylation sites is 1. The average molecular weight is 521 g/mol. The van der Waals surface area contributed by atoms with E-state index in [1.54, 1.807) is 0 Å². The number of cyclic esters (lactones) is 1.